The maximum atomic E-state index is 12.9. The third-order valence-electron chi connectivity index (χ3n) is 4.71. The van der Waals surface area contributed by atoms with Crippen LogP contribution < -0.4 is 16.6 Å². The highest BCUT2D eigenvalue weighted by atomic mass is 16.2. The van der Waals surface area contributed by atoms with E-state index in [0.29, 0.717) is 36.5 Å². The lowest BCUT2D eigenvalue weighted by atomic mass is 10.1. The van der Waals surface area contributed by atoms with E-state index in [1.54, 1.807) is 37.3 Å². The molecule has 0 aliphatic heterocycles. The Labute approximate surface area is 169 Å². The van der Waals surface area contributed by atoms with Gasteiger partial charge in [0.1, 0.15) is 5.56 Å². The molecule has 2 aromatic carbocycles. The zero-order valence-electron chi connectivity index (χ0n) is 16.2. The van der Waals surface area contributed by atoms with Crippen molar-refractivity contribution < 1.29 is 4.79 Å². The first-order chi connectivity index (χ1) is 14.0. The van der Waals surface area contributed by atoms with Crippen LogP contribution in [0.15, 0.2) is 65.5 Å². The van der Waals surface area contributed by atoms with Crippen molar-refractivity contribution in [1.82, 2.24) is 9.88 Å². The molecule has 6 nitrogen and oxygen atoms in total. The summed E-state index contributed by atoms with van der Waals surface area (Å²) in [5.41, 5.74) is 9.07. The molecule has 0 saturated carbocycles. The molecule has 3 rings (SSSR count). The van der Waals surface area contributed by atoms with Crippen molar-refractivity contribution in [2.75, 3.05) is 6.54 Å². The Morgan fingerprint density at radius 2 is 1.83 bits per heavy atom. The Balaban J connectivity index is 1.77. The zero-order chi connectivity index (χ0) is 20.8. The summed E-state index contributed by atoms with van der Waals surface area (Å²) in [6, 6.07) is 20.0. The van der Waals surface area contributed by atoms with Crippen LogP contribution in [0.3, 0.4) is 0 Å². The number of rotatable bonds is 6. The summed E-state index contributed by atoms with van der Waals surface area (Å²) < 4.78 is 1.45. The van der Waals surface area contributed by atoms with Gasteiger partial charge in [0.05, 0.1) is 17.3 Å². The van der Waals surface area contributed by atoms with Crippen molar-refractivity contribution in [3.05, 3.63) is 99.0 Å². The number of aromatic nitrogens is 1. The third-order valence-corrected chi connectivity index (χ3v) is 4.71. The SMILES string of the molecule is Cc1ccc(C(=O)NCCc2ccc(CN)cc2)c(=O)n1-c1cccc(C#N)c1. The van der Waals surface area contributed by atoms with Gasteiger partial charge >= 0.3 is 0 Å². The molecule has 3 N–H and O–H groups in total. The monoisotopic (exact) mass is 386 g/mol. The first-order valence-corrected chi connectivity index (χ1v) is 9.33. The van der Waals surface area contributed by atoms with Gasteiger partial charge in [-0.25, -0.2) is 0 Å². The third kappa shape index (κ3) is 4.60. The number of pyridine rings is 1. The number of nitriles is 1. The molecule has 0 aliphatic carbocycles. The van der Waals surface area contributed by atoms with E-state index in [4.69, 9.17) is 11.0 Å². The van der Waals surface area contributed by atoms with Gasteiger partial charge in [-0.05, 0) is 54.8 Å². The van der Waals surface area contributed by atoms with Gasteiger partial charge in [-0.15, -0.1) is 0 Å². The number of carbonyl (C=O) groups is 1. The Kier molecular flexibility index (Phi) is 6.22. The molecule has 0 radical (unpaired) electrons. The lowest BCUT2D eigenvalue weighted by Crippen LogP contribution is -2.34. The second kappa shape index (κ2) is 9.00. The number of nitrogens with zero attached hydrogens (tertiary/aromatic N) is 2. The topological polar surface area (TPSA) is 101 Å². The van der Waals surface area contributed by atoms with E-state index in [1.165, 1.54) is 10.6 Å². The molecular weight excluding hydrogens is 364 g/mol. The predicted octanol–water partition coefficient (Wildman–Crippen LogP) is 2.45. The van der Waals surface area contributed by atoms with Crippen LogP contribution >= 0.6 is 0 Å². The number of aryl methyl sites for hydroxylation is 1. The molecule has 146 valence electrons. The van der Waals surface area contributed by atoms with Crippen molar-refractivity contribution in [2.45, 2.75) is 19.9 Å². The summed E-state index contributed by atoms with van der Waals surface area (Å²) in [4.78, 5) is 25.5. The number of hydrogen-bond acceptors (Lipinski definition) is 4. The van der Waals surface area contributed by atoms with E-state index in [2.05, 4.69) is 11.4 Å². The molecule has 6 heteroatoms. The van der Waals surface area contributed by atoms with E-state index in [0.717, 1.165) is 11.1 Å². The normalized spacial score (nSPS) is 10.4. The van der Waals surface area contributed by atoms with Crippen LogP contribution in [0.4, 0.5) is 0 Å². The van der Waals surface area contributed by atoms with Crippen molar-refractivity contribution in [1.29, 1.82) is 5.26 Å². The molecular formula is C23H22N4O2. The highest BCUT2D eigenvalue weighted by Crippen LogP contribution is 2.12. The van der Waals surface area contributed by atoms with Crippen LogP contribution in [-0.2, 0) is 13.0 Å². The minimum absolute atomic E-state index is 0.0661. The average molecular weight is 386 g/mol. The smallest absolute Gasteiger partial charge is 0.268 e. The molecule has 3 aromatic rings. The van der Waals surface area contributed by atoms with Gasteiger partial charge in [-0.3, -0.25) is 14.2 Å². The standard InChI is InChI=1S/C23H22N4O2/c1-16-5-10-21(23(29)27(16)20-4-2-3-19(13-20)15-25)22(28)26-12-11-17-6-8-18(14-24)9-7-17/h2-10,13H,11-12,14,24H2,1H3,(H,26,28). The lowest BCUT2D eigenvalue weighted by Gasteiger charge is -2.12. The van der Waals surface area contributed by atoms with E-state index in [1.807, 2.05) is 24.3 Å². The van der Waals surface area contributed by atoms with Crippen LogP contribution in [0, 0.1) is 18.3 Å². The average Bonchev–Trinajstić information content (AvgIpc) is 2.74. The number of nitrogens with one attached hydrogen (secondary N) is 1. The number of carbonyl (C=O) groups excluding carboxylic acids is 1. The van der Waals surface area contributed by atoms with E-state index in [9.17, 15) is 9.59 Å². The van der Waals surface area contributed by atoms with Gasteiger partial charge in [-0.2, -0.15) is 5.26 Å². The Hall–Kier alpha value is -3.69. The van der Waals surface area contributed by atoms with Crippen LogP contribution in [0.1, 0.15) is 32.7 Å². The highest BCUT2D eigenvalue weighted by Gasteiger charge is 2.15. The molecule has 0 atom stereocenters. The molecule has 0 spiro atoms. The summed E-state index contributed by atoms with van der Waals surface area (Å²) in [6.07, 6.45) is 0.654. The number of benzene rings is 2. The molecule has 0 fully saturated rings. The van der Waals surface area contributed by atoms with Gasteiger partial charge in [0.15, 0.2) is 0 Å². The maximum Gasteiger partial charge on any atom is 0.268 e. The fraction of sp³-hybridized carbons (Fsp3) is 0.174. The van der Waals surface area contributed by atoms with E-state index < -0.39 is 11.5 Å². The second-order valence-corrected chi connectivity index (χ2v) is 6.72. The first-order valence-electron chi connectivity index (χ1n) is 9.33. The van der Waals surface area contributed by atoms with Gasteiger partial charge in [0, 0.05) is 18.8 Å². The molecule has 0 bridgehead atoms. The lowest BCUT2D eigenvalue weighted by molar-refractivity contribution is 0.0952. The fourth-order valence-electron chi connectivity index (χ4n) is 3.10. The Bertz CT molecular complexity index is 1120. The predicted molar refractivity (Wildman–Crippen MR) is 112 cm³/mol. The number of amides is 1. The largest absolute Gasteiger partial charge is 0.352 e. The molecule has 0 aliphatic rings. The first kappa shape index (κ1) is 20.1. The van der Waals surface area contributed by atoms with E-state index >= 15 is 0 Å². The molecule has 0 saturated heterocycles. The van der Waals surface area contributed by atoms with Gasteiger partial charge in [0.2, 0.25) is 0 Å². The quantitative estimate of drug-likeness (QED) is 0.679. The zero-order valence-corrected chi connectivity index (χ0v) is 16.2. The second-order valence-electron chi connectivity index (χ2n) is 6.72. The van der Waals surface area contributed by atoms with Gasteiger partial charge < -0.3 is 11.1 Å². The Morgan fingerprint density at radius 3 is 2.52 bits per heavy atom. The highest BCUT2D eigenvalue weighted by molar-refractivity contribution is 5.93. The maximum absolute atomic E-state index is 12.9. The minimum atomic E-state index is -0.418. The summed E-state index contributed by atoms with van der Waals surface area (Å²) in [6.45, 7) is 2.69. The van der Waals surface area contributed by atoms with Crippen LogP contribution in [0.25, 0.3) is 5.69 Å². The number of nitrogens with two attached hydrogens (primary N) is 1. The summed E-state index contributed by atoms with van der Waals surface area (Å²) in [5, 5.41) is 11.9. The van der Waals surface area contributed by atoms with Gasteiger partial charge in [-0.1, -0.05) is 30.3 Å². The molecule has 1 heterocycles. The summed E-state index contributed by atoms with van der Waals surface area (Å²) in [7, 11) is 0. The fourth-order valence-corrected chi connectivity index (χ4v) is 3.10. The van der Waals surface area contributed by atoms with E-state index in [-0.39, 0.29) is 5.56 Å². The molecule has 1 amide bonds. The Morgan fingerprint density at radius 1 is 1.10 bits per heavy atom. The van der Waals surface area contributed by atoms with Crippen LogP contribution in [0.2, 0.25) is 0 Å². The van der Waals surface area contributed by atoms with Crippen LogP contribution in [-0.4, -0.2) is 17.0 Å². The van der Waals surface area contributed by atoms with Crippen molar-refractivity contribution in [3.8, 4) is 11.8 Å². The van der Waals surface area contributed by atoms with Crippen molar-refractivity contribution in [2.24, 2.45) is 5.73 Å². The molecule has 1 aromatic heterocycles. The molecule has 0 unspecified atom stereocenters. The van der Waals surface area contributed by atoms with Gasteiger partial charge in [0.25, 0.3) is 11.5 Å². The minimum Gasteiger partial charge on any atom is -0.352 e. The summed E-state index contributed by atoms with van der Waals surface area (Å²) >= 11 is 0. The molecule has 29 heavy (non-hydrogen) atoms. The van der Waals surface area contributed by atoms with Crippen LogP contribution in [0.5, 0.6) is 0 Å². The van der Waals surface area contributed by atoms with Crippen molar-refractivity contribution in [3.63, 3.8) is 0 Å². The summed E-state index contributed by atoms with van der Waals surface area (Å²) in [5.74, 6) is -0.418. The van der Waals surface area contributed by atoms with Crippen molar-refractivity contribution >= 4 is 5.91 Å². The number of hydrogen-bond donors (Lipinski definition) is 2.